The summed E-state index contributed by atoms with van der Waals surface area (Å²) in [5.41, 5.74) is 3.56. The van der Waals surface area contributed by atoms with Gasteiger partial charge in [-0.1, -0.05) is 54.6 Å². The Morgan fingerprint density at radius 3 is 2.64 bits per heavy atom. The summed E-state index contributed by atoms with van der Waals surface area (Å²) in [4.78, 5) is 29.3. The van der Waals surface area contributed by atoms with Gasteiger partial charge in [0.1, 0.15) is 5.75 Å². The van der Waals surface area contributed by atoms with Crippen LogP contribution < -0.4 is 10.1 Å². The third kappa shape index (κ3) is 5.01. The monoisotopic (exact) mass is 443 g/mol. The highest BCUT2D eigenvalue weighted by molar-refractivity contribution is 5.91. The van der Waals surface area contributed by atoms with Crippen LogP contribution >= 0.6 is 0 Å². The van der Waals surface area contributed by atoms with Gasteiger partial charge in [-0.3, -0.25) is 14.5 Å². The molecule has 0 spiro atoms. The van der Waals surface area contributed by atoms with Gasteiger partial charge in [-0.25, -0.2) is 0 Å². The van der Waals surface area contributed by atoms with Crippen molar-refractivity contribution in [3.63, 3.8) is 0 Å². The number of benzene rings is 3. The zero-order valence-corrected chi connectivity index (χ0v) is 18.8. The lowest BCUT2D eigenvalue weighted by Crippen LogP contribution is -2.50. The molecule has 170 valence electrons. The average Bonchev–Trinajstić information content (AvgIpc) is 3.31. The second-order valence-corrected chi connectivity index (χ2v) is 8.79. The van der Waals surface area contributed by atoms with Gasteiger partial charge < -0.3 is 15.0 Å². The number of nitrogens with zero attached hydrogens (tertiary/aromatic N) is 2. The molecule has 0 saturated carbocycles. The van der Waals surface area contributed by atoms with Crippen LogP contribution in [0, 0.1) is 0 Å². The van der Waals surface area contributed by atoms with E-state index in [2.05, 4.69) is 28.4 Å². The summed E-state index contributed by atoms with van der Waals surface area (Å²) >= 11 is 0. The molecular weight excluding hydrogens is 414 g/mol. The van der Waals surface area contributed by atoms with E-state index in [1.165, 1.54) is 11.1 Å². The van der Waals surface area contributed by atoms with Crippen molar-refractivity contribution >= 4 is 22.6 Å². The molecule has 0 unspecified atom stereocenters. The molecule has 5 rings (SSSR count). The average molecular weight is 444 g/mol. The Balaban J connectivity index is 1.08. The minimum Gasteiger partial charge on any atom is -0.493 e. The van der Waals surface area contributed by atoms with Crippen molar-refractivity contribution in [2.24, 2.45) is 0 Å². The first-order valence-electron chi connectivity index (χ1n) is 11.6. The maximum Gasteiger partial charge on any atom is 0.242 e. The molecule has 2 amide bonds. The zero-order chi connectivity index (χ0) is 22.6. The van der Waals surface area contributed by atoms with Crippen molar-refractivity contribution in [3.05, 3.63) is 77.4 Å². The molecule has 3 aromatic carbocycles. The van der Waals surface area contributed by atoms with Crippen molar-refractivity contribution in [2.45, 2.75) is 19.4 Å². The molecule has 0 radical (unpaired) electrons. The molecule has 0 aromatic heterocycles. The molecule has 6 nitrogen and oxygen atoms in total. The fourth-order valence-corrected chi connectivity index (χ4v) is 4.72. The normalized spacial score (nSPS) is 15.8. The minimum atomic E-state index is -0.126. The summed E-state index contributed by atoms with van der Waals surface area (Å²) in [6.07, 6.45) is 1.26. The lowest BCUT2D eigenvalue weighted by Gasteiger charge is -2.34. The van der Waals surface area contributed by atoms with E-state index < -0.39 is 0 Å². The van der Waals surface area contributed by atoms with E-state index in [1.807, 2.05) is 47.4 Å². The summed E-state index contributed by atoms with van der Waals surface area (Å²) in [6, 6.07) is 20.5. The Morgan fingerprint density at radius 1 is 0.939 bits per heavy atom. The number of amides is 2. The second kappa shape index (κ2) is 9.63. The van der Waals surface area contributed by atoms with Crippen LogP contribution in [0.1, 0.15) is 16.7 Å². The molecule has 2 aliphatic rings. The number of piperazine rings is 1. The number of carbonyl (C=O) groups is 2. The minimum absolute atomic E-state index is 0.0180. The number of hydrogen-bond acceptors (Lipinski definition) is 4. The van der Waals surface area contributed by atoms with E-state index in [1.54, 1.807) is 0 Å². The van der Waals surface area contributed by atoms with E-state index in [-0.39, 0.29) is 24.8 Å². The first-order valence-corrected chi connectivity index (χ1v) is 11.6. The molecule has 1 saturated heterocycles. The van der Waals surface area contributed by atoms with Gasteiger partial charge in [0.15, 0.2) is 0 Å². The predicted octanol–water partition coefficient (Wildman–Crippen LogP) is 2.78. The van der Waals surface area contributed by atoms with Crippen LogP contribution in [-0.4, -0.2) is 60.9 Å². The van der Waals surface area contributed by atoms with Gasteiger partial charge >= 0.3 is 0 Å². The third-order valence-corrected chi connectivity index (χ3v) is 6.55. The lowest BCUT2D eigenvalue weighted by molar-refractivity contribution is -0.134. The fourth-order valence-electron chi connectivity index (χ4n) is 4.72. The van der Waals surface area contributed by atoms with E-state index in [9.17, 15) is 9.59 Å². The van der Waals surface area contributed by atoms with Crippen molar-refractivity contribution in [1.29, 1.82) is 0 Å². The molecule has 3 aromatic rings. The maximum atomic E-state index is 12.6. The maximum absolute atomic E-state index is 12.6. The lowest BCUT2D eigenvalue weighted by atomic mass is 10.0. The summed E-state index contributed by atoms with van der Waals surface area (Å²) < 4.78 is 5.59. The Morgan fingerprint density at radius 2 is 1.76 bits per heavy atom. The van der Waals surface area contributed by atoms with Gasteiger partial charge in [0.25, 0.3) is 0 Å². The Labute approximate surface area is 194 Å². The number of carbonyl (C=O) groups excluding carboxylic acids is 2. The van der Waals surface area contributed by atoms with Crippen molar-refractivity contribution < 1.29 is 14.3 Å². The Hall–Kier alpha value is -3.38. The standard InChI is InChI=1S/C27H29N3O3/c31-26(17-22-6-3-5-21-4-1-2-7-24(21)22)28-18-27(32)30-13-11-29(12-14-30)19-20-8-9-25-23(16-20)10-15-33-25/h1-9,16H,10-15,17-19H2,(H,28,31). The predicted molar refractivity (Wildman–Crippen MR) is 128 cm³/mol. The topological polar surface area (TPSA) is 61.9 Å². The smallest absolute Gasteiger partial charge is 0.242 e. The highest BCUT2D eigenvalue weighted by atomic mass is 16.5. The molecular formula is C27H29N3O3. The summed E-state index contributed by atoms with van der Waals surface area (Å²) in [7, 11) is 0. The third-order valence-electron chi connectivity index (χ3n) is 6.55. The number of fused-ring (bicyclic) bond motifs is 2. The molecule has 2 heterocycles. The quantitative estimate of drug-likeness (QED) is 0.637. The van der Waals surface area contributed by atoms with E-state index >= 15 is 0 Å². The van der Waals surface area contributed by atoms with E-state index in [0.29, 0.717) is 13.1 Å². The number of ether oxygens (including phenoxy) is 1. The van der Waals surface area contributed by atoms with Crippen LogP contribution in [0.4, 0.5) is 0 Å². The van der Waals surface area contributed by atoms with Crippen LogP contribution in [0.5, 0.6) is 5.75 Å². The molecule has 2 aliphatic heterocycles. The van der Waals surface area contributed by atoms with Crippen LogP contribution in [0.2, 0.25) is 0 Å². The van der Waals surface area contributed by atoms with Gasteiger partial charge in [-0.05, 0) is 33.5 Å². The molecule has 33 heavy (non-hydrogen) atoms. The molecule has 0 aliphatic carbocycles. The summed E-state index contributed by atoms with van der Waals surface area (Å²) in [6.45, 7) is 4.76. The Kier molecular flexibility index (Phi) is 6.26. The molecule has 0 atom stereocenters. The van der Waals surface area contributed by atoms with Gasteiger partial charge in [0.2, 0.25) is 11.8 Å². The van der Waals surface area contributed by atoms with Crippen LogP contribution in [-0.2, 0) is 29.0 Å². The first-order chi connectivity index (χ1) is 16.2. The molecule has 1 fully saturated rings. The van der Waals surface area contributed by atoms with E-state index in [0.717, 1.165) is 54.7 Å². The SMILES string of the molecule is O=C(Cc1cccc2ccccc12)NCC(=O)N1CCN(Cc2ccc3c(c2)CCO3)CC1. The highest BCUT2D eigenvalue weighted by Crippen LogP contribution is 2.26. The highest BCUT2D eigenvalue weighted by Gasteiger charge is 2.22. The summed E-state index contributed by atoms with van der Waals surface area (Å²) in [5.74, 6) is 0.867. The number of rotatable bonds is 6. The van der Waals surface area contributed by atoms with Gasteiger partial charge in [0, 0.05) is 39.1 Å². The fraction of sp³-hybridized carbons (Fsp3) is 0.333. The van der Waals surface area contributed by atoms with Crippen LogP contribution in [0.3, 0.4) is 0 Å². The van der Waals surface area contributed by atoms with Crippen molar-refractivity contribution in [2.75, 3.05) is 39.3 Å². The van der Waals surface area contributed by atoms with E-state index in [4.69, 9.17) is 4.74 Å². The van der Waals surface area contributed by atoms with Crippen molar-refractivity contribution in [3.8, 4) is 5.75 Å². The molecule has 0 bridgehead atoms. The second-order valence-electron chi connectivity index (χ2n) is 8.79. The van der Waals surface area contributed by atoms with Crippen molar-refractivity contribution in [1.82, 2.24) is 15.1 Å². The van der Waals surface area contributed by atoms with Crippen LogP contribution in [0.15, 0.2) is 60.7 Å². The molecule has 6 heteroatoms. The Bertz CT molecular complexity index is 1160. The van der Waals surface area contributed by atoms with Gasteiger partial charge in [-0.2, -0.15) is 0 Å². The van der Waals surface area contributed by atoms with Gasteiger partial charge in [0.05, 0.1) is 19.6 Å². The van der Waals surface area contributed by atoms with Gasteiger partial charge in [-0.15, -0.1) is 0 Å². The number of nitrogens with one attached hydrogen (secondary N) is 1. The largest absolute Gasteiger partial charge is 0.493 e. The number of hydrogen-bond donors (Lipinski definition) is 1. The zero-order valence-electron chi connectivity index (χ0n) is 18.8. The first kappa shape index (κ1) is 21.5. The molecule has 1 N–H and O–H groups in total. The van der Waals surface area contributed by atoms with Crippen LogP contribution in [0.25, 0.3) is 10.8 Å². The summed E-state index contributed by atoms with van der Waals surface area (Å²) in [5, 5.41) is 5.01.